The summed E-state index contributed by atoms with van der Waals surface area (Å²) in [5.41, 5.74) is 0. The van der Waals surface area contributed by atoms with Gasteiger partial charge in [-0.3, -0.25) is 4.79 Å². The lowest BCUT2D eigenvalue weighted by Gasteiger charge is -2.21. The lowest BCUT2D eigenvalue weighted by atomic mass is 10.3. The molecule has 0 aliphatic heterocycles. The fraction of sp³-hybridized carbons (Fsp3) is 0.462. The fourth-order valence-corrected chi connectivity index (χ4v) is 2.55. The van der Waals surface area contributed by atoms with Crippen molar-refractivity contribution in [2.45, 2.75) is 18.9 Å². The molecule has 0 atom stereocenters. The molecule has 1 amide bonds. The molecule has 0 saturated heterocycles. The summed E-state index contributed by atoms with van der Waals surface area (Å²) in [6.07, 6.45) is 2.01. The number of benzene rings is 1. The molecule has 1 aromatic rings. The second kappa shape index (κ2) is 6.59. The number of hydrogen-bond acceptors (Lipinski definition) is 3. The highest BCUT2D eigenvalue weighted by molar-refractivity contribution is 9.10. The van der Waals surface area contributed by atoms with Gasteiger partial charge in [-0.25, -0.2) is 0 Å². The van der Waals surface area contributed by atoms with E-state index in [0.717, 1.165) is 17.3 Å². The summed E-state index contributed by atoms with van der Waals surface area (Å²) in [5.74, 6) is 0.369. The Morgan fingerprint density at radius 1 is 1.53 bits per heavy atom. The average molecular weight is 349 g/mol. The van der Waals surface area contributed by atoms with E-state index in [1.807, 2.05) is 0 Å². The van der Waals surface area contributed by atoms with Crippen LogP contribution in [0.25, 0.3) is 0 Å². The number of halogens is 2. The van der Waals surface area contributed by atoms with Gasteiger partial charge in [0.1, 0.15) is 5.75 Å². The second-order valence-corrected chi connectivity index (χ2v) is 5.73. The molecule has 2 rings (SSSR count). The molecule has 19 heavy (non-hydrogen) atoms. The third-order valence-electron chi connectivity index (χ3n) is 2.89. The highest BCUT2D eigenvalue weighted by Gasteiger charge is 2.32. The molecular weight excluding hydrogens is 334 g/mol. The molecule has 104 valence electrons. The van der Waals surface area contributed by atoms with Gasteiger partial charge in [0, 0.05) is 17.1 Å². The van der Waals surface area contributed by atoms with E-state index in [2.05, 4.69) is 15.9 Å². The van der Waals surface area contributed by atoms with Crippen LogP contribution in [0.4, 0.5) is 0 Å². The van der Waals surface area contributed by atoms with Crippen molar-refractivity contribution in [3.8, 4) is 5.75 Å². The standard InChI is InChI=1S/C13H15BrClNO3/c14-9-1-4-12(11(15)7-9)19-8-13(18)16(5-6-17)10-2-3-10/h1,4,7,10,17H,2-3,5-6,8H2. The van der Waals surface area contributed by atoms with Crippen molar-refractivity contribution in [2.24, 2.45) is 0 Å². The summed E-state index contributed by atoms with van der Waals surface area (Å²) in [5, 5.41) is 9.42. The van der Waals surface area contributed by atoms with Crippen molar-refractivity contribution < 1.29 is 14.6 Å². The van der Waals surface area contributed by atoms with Gasteiger partial charge >= 0.3 is 0 Å². The maximum Gasteiger partial charge on any atom is 0.260 e. The monoisotopic (exact) mass is 347 g/mol. The SMILES string of the molecule is O=C(COc1ccc(Br)cc1Cl)N(CCO)C1CC1. The van der Waals surface area contributed by atoms with Crippen LogP contribution in [0.2, 0.25) is 5.02 Å². The zero-order valence-electron chi connectivity index (χ0n) is 10.3. The van der Waals surface area contributed by atoms with Crippen LogP contribution in [0, 0.1) is 0 Å². The molecule has 0 heterocycles. The molecule has 4 nitrogen and oxygen atoms in total. The molecule has 1 saturated carbocycles. The lowest BCUT2D eigenvalue weighted by Crippen LogP contribution is -2.38. The summed E-state index contributed by atoms with van der Waals surface area (Å²) in [6, 6.07) is 5.50. The Morgan fingerprint density at radius 2 is 2.26 bits per heavy atom. The Hall–Kier alpha value is -0.780. The molecule has 0 bridgehead atoms. The fourth-order valence-electron chi connectivity index (χ4n) is 1.82. The molecule has 6 heteroatoms. The molecule has 1 fully saturated rings. The molecular formula is C13H15BrClNO3. The van der Waals surface area contributed by atoms with Crippen molar-refractivity contribution in [2.75, 3.05) is 19.8 Å². The first kappa shape index (κ1) is 14.6. The van der Waals surface area contributed by atoms with Crippen LogP contribution in [0.15, 0.2) is 22.7 Å². The normalized spacial score (nSPS) is 14.3. The Kier molecular flexibility index (Phi) is 5.07. The van der Waals surface area contributed by atoms with Crippen LogP contribution >= 0.6 is 27.5 Å². The summed E-state index contributed by atoms with van der Waals surface area (Å²) < 4.78 is 6.29. The molecule has 1 aromatic carbocycles. The van der Waals surface area contributed by atoms with Crippen LogP contribution in [0.1, 0.15) is 12.8 Å². The summed E-state index contributed by atoms with van der Waals surface area (Å²) in [6.45, 7) is 0.278. The van der Waals surface area contributed by atoms with Crippen molar-refractivity contribution in [1.29, 1.82) is 0 Å². The van der Waals surface area contributed by atoms with Crippen LogP contribution in [0.3, 0.4) is 0 Å². The van der Waals surface area contributed by atoms with Gasteiger partial charge in [0.15, 0.2) is 6.61 Å². The van der Waals surface area contributed by atoms with Gasteiger partial charge in [-0.15, -0.1) is 0 Å². The number of aliphatic hydroxyl groups is 1. The Balaban J connectivity index is 1.91. The molecule has 1 aliphatic rings. The third-order valence-corrected chi connectivity index (χ3v) is 3.68. The molecule has 1 aliphatic carbocycles. The Labute approximate surface area is 125 Å². The smallest absolute Gasteiger partial charge is 0.260 e. The van der Waals surface area contributed by atoms with E-state index < -0.39 is 0 Å². The molecule has 0 unspecified atom stereocenters. The van der Waals surface area contributed by atoms with Crippen LogP contribution in [-0.2, 0) is 4.79 Å². The van der Waals surface area contributed by atoms with E-state index in [0.29, 0.717) is 17.3 Å². The van der Waals surface area contributed by atoms with Gasteiger partial charge in [0.05, 0.1) is 11.6 Å². The summed E-state index contributed by atoms with van der Waals surface area (Å²) in [4.78, 5) is 13.7. The van der Waals surface area contributed by atoms with E-state index in [1.54, 1.807) is 23.1 Å². The van der Waals surface area contributed by atoms with E-state index in [9.17, 15) is 4.79 Å². The van der Waals surface area contributed by atoms with Gasteiger partial charge in [-0.2, -0.15) is 0 Å². The van der Waals surface area contributed by atoms with Crippen LogP contribution in [0.5, 0.6) is 5.75 Å². The van der Waals surface area contributed by atoms with Gasteiger partial charge in [0.25, 0.3) is 5.91 Å². The average Bonchev–Trinajstić information content (AvgIpc) is 3.18. The number of nitrogens with zero attached hydrogens (tertiary/aromatic N) is 1. The predicted octanol–water partition coefficient (Wildman–Crippen LogP) is 2.46. The minimum absolute atomic E-state index is 0.0265. The highest BCUT2D eigenvalue weighted by Crippen LogP contribution is 2.29. The number of rotatable bonds is 6. The Morgan fingerprint density at radius 3 is 2.84 bits per heavy atom. The van der Waals surface area contributed by atoms with Crippen molar-refractivity contribution in [3.63, 3.8) is 0 Å². The van der Waals surface area contributed by atoms with Crippen molar-refractivity contribution in [1.82, 2.24) is 4.90 Å². The van der Waals surface area contributed by atoms with Crippen molar-refractivity contribution in [3.05, 3.63) is 27.7 Å². The minimum Gasteiger partial charge on any atom is -0.482 e. The van der Waals surface area contributed by atoms with Gasteiger partial charge in [-0.1, -0.05) is 27.5 Å². The van der Waals surface area contributed by atoms with E-state index in [1.165, 1.54) is 0 Å². The molecule has 1 N–H and O–H groups in total. The second-order valence-electron chi connectivity index (χ2n) is 4.41. The first-order valence-corrected chi connectivity index (χ1v) is 7.27. The molecule has 0 aromatic heterocycles. The van der Waals surface area contributed by atoms with E-state index in [4.69, 9.17) is 21.4 Å². The summed E-state index contributed by atoms with van der Waals surface area (Å²) in [7, 11) is 0. The number of carbonyl (C=O) groups is 1. The zero-order valence-corrected chi connectivity index (χ0v) is 12.7. The predicted molar refractivity (Wildman–Crippen MR) is 76.5 cm³/mol. The van der Waals surface area contributed by atoms with E-state index in [-0.39, 0.29) is 25.2 Å². The topological polar surface area (TPSA) is 49.8 Å². The van der Waals surface area contributed by atoms with Crippen LogP contribution in [-0.4, -0.2) is 41.7 Å². The number of carbonyl (C=O) groups excluding carboxylic acids is 1. The minimum atomic E-state index is -0.115. The lowest BCUT2D eigenvalue weighted by molar-refractivity contribution is -0.134. The van der Waals surface area contributed by atoms with Crippen LogP contribution < -0.4 is 4.74 Å². The quantitative estimate of drug-likeness (QED) is 0.859. The largest absolute Gasteiger partial charge is 0.482 e. The molecule has 0 radical (unpaired) electrons. The number of ether oxygens (including phenoxy) is 1. The first-order chi connectivity index (χ1) is 9.11. The third kappa shape index (κ3) is 4.09. The first-order valence-electron chi connectivity index (χ1n) is 6.10. The maximum atomic E-state index is 12.0. The number of hydrogen-bond donors (Lipinski definition) is 1. The maximum absolute atomic E-state index is 12.0. The van der Waals surface area contributed by atoms with E-state index >= 15 is 0 Å². The number of amides is 1. The Bertz CT molecular complexity index is 465. The summed E-state index contributed by atoms with van der Waals surface area (Å²) >= 11 is 9.31. The van der Waals surface area contributed by atoms with Crippen molar-refractivity contribution >= 4 is 33.4 Å². The van der Waals surface area contributed by atoms with Gasteiger partial charge in [-0.05, 0) is 31.0 Å². The zero-order chi connectivity index (χ0) is 13.8. The molecule has 0 spiro atoms. The number of aliphatic hydroxyl groups excluding tert-OH is 1. The van der Waals surface area contributed by atoms with Gasteiger partial charge < -0.3 is 14.7 Å². The highest BCUT2D eigenvalue weighted by atomic mass is 79.9. The van der Waals surface area contributed by atoms with Gasteiger partial charge in [0.2, 0.25) is 0 Å².